The zero-order valence-corrected chi connectivity index (χ0v) is 18.0. The summed E-state index contributed by atoms with van der Waals surface area (Å²) in [6.07, 6.45) is 1.19. The minimum Gasteiger partial charge on any atom is -0.379 e. The van der Waals surface area contributed by atoms with Crippen molar-refractivity contribution in [1.82, 2.24) is 9.21 Å². The van der Waals surface area contributed by atoms with E-state index in [0.717, 1.165) is 13.1 Å². The number of morpholine rings is 1. The number of likely N-dealkylation sites (tertiary alicyclic amines) is 1. The van der Waals surface area contributed by atoms with E-state index in [0.29, 0.717) is 54.0 Å². The molecule has 2 heterocycles. The Hall–Kier alpha value is -0.930. The Morgan fingerprint density at radius 1 is 1.22 bits per heavy atom. The van der Waals surface area contributed by atoms with E-state index >= 15 is 0 Å². The second-order valence-electron chi connectivity index (χ2n) is 7.44. The third kappa shape index (κ3) is 4.92. The molecule has 1 aromatic carbocycles. The van der Waals surface area contributed by atoms with Crippen LogP contribution < -0.4 is 5.32 Å². The highest BCUT2D eigenvalue weighted by Crippen LogP contribution is 2.28. The molecule has 2 aliphatic rings. The van der Waals surface area contributed by atoms with Gasteiger partial charge < -0.3 is 15.0 Å². The summed E-state index contributed by atoms with van der Waals surface area (Å²) >= 11 is 11.9. The van der Waals surface area contributed by atoms with Gasteiger partial charge in [-0.2, -0.15) is 4.31 Å². The number of hydrogen-bond acceptors (Lipinski definition) is 4. The van der Waals surface area contributed by atoms with Crippen LogP contribution in [-0.4, -0.2) is 62.1 Å². The summed E-state index contributed by atoms with van der Waals surface area (Å²) < 4.78 is 32.4. The van der Waals surface area contributed by atoms with E-state index in [9.17, 15) is 8.42 Å². The minimum absolute atomic E-state index is 0.208. The van der Waals surface area contributed by atoms with Gasteiger partial charge in [0.25, 0.3) is 0 Å². The van der Waals surface area contributed by atoms with Gasteiger partial charge in [0.2, 0.25) is 10.0 Å². The summed E-state index contributed by atoms with van der Waals surface area (Å²) in [6.45, 7) is 7.74. The van der Waals surface area contributed by atoms with Crippen LogP contribution in [0.5, 0.6) is 0 Å². The molecule has 2 unspecified atom stereocenters. The molecule has 150 valence electrons. The van der Waals surface area contributed by atoms with Crippen LogP contribution in [0.15, 0.2) is 23.1 Å². The highest BCUT2D eigenvalue weighted by Gasteiger charge is 2.28. The predicted octanol–water partition coefficient (Wildman–Crippen LogP) is 3.04. The highest BCUT2D eigenvalue weighted by atomic mass is 35.5. The van der Waals surface area contributed by atoms with Gasteiger partial charge in [0.05, 0.1) is 28.8 Å². The number of hydrogen-bond donors (Lipinski definition) is 1. The van der Waals surface area contributed by atoms with Gasteiger partial charge in [0.15, 0.2) is 5.11 Å². The Morgan fingerprint density at radius 2 is 1.85 bits per heavy atom. The lowest BCUT2D eigenvalue weighted by Crippen LogP contribution is -2.44. The van der Waals surface area contributed by atoms with Crippen molar-refractivity contribution in [2.75, 3.05) is 44.7 Å². The first-order valence-electron chi connectivity index (χ1n) is 9.20. The number of sulfonamides is 1. The molecular weight excluding hydrogens is 406 g/mol. The SMILES string of the molecule is CC1CC(C)CN(C(=S)Nc2cc(S(=O)(=O)N3CCOCC3)ccc2Cl)C1. The molecule has 2 fully saturated rings. The summed E-state index contributed by atoms with van der Waals surface area (Å²) in [5.74, 6) is 1.13. The molecule has 0 amide bonds. The summed E-state index contributed by atoms with van der Waals surface area (Å²) in [5, 5.41) is 4.18. The van der Waals surface area contributed by atoms with Crippen molar-refractivity contribution < 1.29 is 13.2 Å². The highest BCUT2D eigenvalue weighted by molar-refractivity contribution is 7.89. The standard InChI is InChI=1S/C18H26ClN3O3S2/c1-13-9-14(2)12-21(11-13)18(26)20-17-10-15(3-4-16(17)19)27(23,24)22-5-7-25-8-6-22/h3-4,10,13-14H,5-9,11-12H2,1-2H3,(H,20,26). The van der Waals surface area contributed by atoms with Crippen molar-refractivity contribution in [2.24, 2.45) is 11.8 Å². The van der Waals surface area contributed by atoms with Gasteiger partial charge in [-0.1, -0.05) is 25.4 Å². The molecule has 3 rings (SSSR count). The van der Waals surface area contributed by atoms with Crippen LogP contribution in [0.1, 0.15) is 20.3 Å². The molecule has 1 N–H and O–H groups in total. The van der Waals surface area contributed by atoms with Gasteiger partial charge in [-0.25, -0.2) is 8.42 Å². The number of anilines is 1. The van der Waals surface area contributed by atoms with Gasteiger partial charge in [0, 0.05) is 26.2 Å². The molecule has 1 aromatic rings. The summed E-state index contributed by atoms with van der Waals surface area (Å²) in [5.41, 5.74) is 0.516. The monoisotopic (exact) mass is 431 g/mol. The number of nitrogens with one attached hydrogen (secondary N) is 1. The molecule has 27 heavy (non-hydrogen) atoms. The fourth-order valence-electron chi connectivity index (χ4n) is 3.72. The van der Waals surface area contributed by atoms with E-state index in [1.807, 2.05) is 0 Å². The molecule has 0 spiro atoms. The van der Waals surface area contributed by atoms with E-state index < -0.39 is 10.0 Å². The third-order valence-corrected chi connectivity index (χ3v) is 7.53. The van der Waals surface area contributed by atoms with Crippen LogP contribution >= 0.6 is 23.8 Å². The zero-order valence-electron chi connectivity index (χ0n) is 15.7. The fourth-order valence-corrected chi connectivity index (χ4v) is 5.58. The normalized spacial score (nSPS) is 24.6. The van der Waals surface area contributed by atoms with Crippen LogP contribution in [0.25, 0.3) is 0 Å². The van der Waals surface area contributed by atoms with Crippen molar-refractivity contribution >= 4 is 44.6 Å². The van der Waals surface area contributed by atoms with Crippen LogP contribution in [0.2, 0.25) is 5.02 Å². The molecule has 2 aliphatic heterocycles. The maximum atomic E-state index is 12.9. The molecule has 0 radical (unpaired) electrons. The first-order valence-corrected chi connectivity index (χ1v) is 11.4. The lowest BCUT2D eigenvalue weighted by atomic mass is 9.92. The van der Waals surface area contributed by atoms with E-state index in [1.54, 1.807) is 12.1 Å². The third-order valence-electron chi connectivity index (χ3n) is 4.94. The van der Waals surface area contributed by atoms with Gasteiger partial charge in [0.1, 0.15) is 0 Å². The van der Waals surface area contributed by atoms with Crippen molar-refractivity contribution in [3.8, 4) is 0 Å². The maximum absolute atomic E-state index is 12.9. The summed E-state index contributed by atoms with van der Waals surface area (Å²) in [6, 6.07) is 4.70. The van der Waals surface area contributed by atoms with Gasteiger partial charge in [-0.15, -0.1) is 0 Å². The van der Waals surface area contributed by atoms with Crippen molar-refractivity contribution in [1.29, 1.82) is 0 Å². The van der Waals surface area contributed by atoms with Gasteiger partial charge >= 0.3 is 0 Å². The second-order valence-corrected chi connectivity index (χ2v) is 10.2. The molecule has 9 heteroatoms. The lowest BCUT2D eigenvalue weighted by molar-refractivity contribution is 0.0730. The number of piperidine rings is 1. The number of benzene rings is 1. The first kappa shape index (κ1) is 20.8. The number of ether oxygens (including phenoxy) is 1. The molecule has 0 aliphatic carbocycles. The van der Waals surface area contributed by atoms with E-state index in [2.05, 4.69) is 24.1 Å². The topological polar surface area (TPSA) is 61.9 Å². The van der Waals surface area contributed by atoms with Crippen LogP contribution in [0.4, 0.5) is 5.69 Å². The van der Waals surface area contributed by atoms with Crippen molar-refractivity contribution in [2.45, 2.75) is 25.2 Å². The quantitative estimate of drug-likeness (QED) is 0.742. The molecular formula is C18H26ClN3O3S2. The number of thiocarbonyl (C=S) groups is 1. The Morgan fingerprint density at radius 3 is 2.48 bits per heavy atom. The summed E-state index contributed by atoms with van der Waals surface area (Å²) in [4.78, 5) is 2.34. The molecule has 6 nitrogen and oxygen atoms in total. The average molecular weight is 432 g/mol. The van der Waals surface area contributed by atoms with Crippen LogP contribution in [0.3, 0.4) is 0 Å². The Balaban J connectivity index is 1.78. The maximum Gasteiger partial charge on any atom is 0.243 e. The fraction of sp³-hybridized carbons (Fsp3) is 0.611. The van der Waals surface area contributed by atoms with Crippen LogP contribution in [0, 0.1) is 11.8 Å². The molecule has 2 saturated heterocycles. The number of rotatable bonds is 3. The minimum atomic E-state index is -3.58. The summed E-state index contributed by atoms with van der Waals surface area (Å²) in [7, 11) is -3.58. The Labute approximate surface area is 171 Å². The predicted molar refractivity (Wildman–Crippen MR) is 112 cm³/mol. The Kier molecular flexibility index (Phi) is 6.63. The van der Waals surface area contributed by atoms with Gasteiger partial charge in [-0.05, 0) is 48.7 Å². The molecule has 0 saturated carbocycles. The molecule has 2 atom stereocenters. The first-order chi connectivity index (χ1) is 12.8. The zero-order chi connectivity index (χ0) is 19.6. The molecule has 0 bridgehead atoms. The van der Waals surface area contributed by atoms with Crippen molar-refractivity contribution in [3.05, 3.63) is 23.2 Å². The molecule has 0 aromatic heterocycles. The number of halogens is 1. The van der Waals surface area contributed by atoms with Gasteiger partial charge in [-0.3, -0.25) is 0 Å². The van der Waals surface area contributed by atoms with Crippen molar-refractivity contribution in [3.63, 3.8) is 0 Å². The second kappa shape index (κ2) is 8.61. The van der Waals surface area contributed by atoms with E-state index in [4.69, 9.17) is 28.6 Å². The lowest BCUT2D eigenvalue weighted by Gasteiger charge is -2.36. The number of nitrogens with zero attached hydrogens (tertiary/aromatic N) is 2. The van der Waals surface area contributed by atoms with Crippen LogP contribution in [-0.2, 0) is 14.8 Å². The van der Waals surface area contributed by atoms with E-state index in [1.165, 1.54) is 16.8 Å². The average Bonchev–Trinajstić information content (AvgIpc) is 2.63. The smallest absolute Gasteiger partial charge is 0.243 e. The van der Waals surface area contributed by atoms with E-state index in [-0.39, 0.29) is 4.90 Å². The largest absolute Gasteiger partial charge is 0.379 e. The Bertz CT molecular complexity index is 787.